The predicted octanol–water partition coefficient (Wildman–Crippen LogP) is 5.54. The molecule has 37 heavy (non-hydrogen) atoms. The molecule has 2 aliphatic heterocycles. The van der Waals surface area contributed by atoms with Gasteiger partial charge in [0, 0.05) is 19.6 Å². The maximum Gasteiger partial charge on any atom is 0.193 e. The molecule has 2 fully saturated rings. The smallest absolute Gasteiger partial charge is 0.193 e. The summed E-state index contributed by atoms with van der Waals surface area (Å²) >= 11 is 0. The van der Waals surface area contributed by atoms with Gasteiger partial charge in [-0.25, -0.2) is 5.11 Å². The third kappa shape index (κ3) is 8.23. The van der Waals surface area contributed by atoms with Crippen molar-refractivity contribution in [1.82, 2.24) is 4.90 Å². The fourth-order valence-corrected chi connectivity index (χ4v) is 6.35. The number of nitrogens with zero attached hydrogens (tertiary/aromatic N) is 1. The summed E-state index contributed by atoms with van der Waals surface area (Å²) in [6.07, 6.45) is 12.6. The van der Waals surface area contributed by atoms with Crippen LogP contribution in [0.25, 0.3) is 0 Å². The summed E-state index contributed by atoms with van der Waals surface area (Å²) in [5.74, 6) is 2.22. The fourth-order valence-electron chi connectivity index (χ4n) is 6.35. The van der Waals surface area contributed by atoms with Crippen LogP contribution in [0, 0.1) is 23.7 Å². The average molecular weight is 519 g/mol. The highest BCUT2D eigenvalue weighted by atomic mass is 16.6. The van der Waals surface area contributed by atoms with Crippen molar-refractivity contribution in [1.29, 1.82) is 0 Å². The maximum atomic E-state index is 11.9. The molecule has 1 unspecified atom stereocenters. The molecule has 11 atom stereocenters. The molecule has 1 saturated carbocycles. The molecule has 0 aromatic rings. The number of aliphatic hydroxyl groups excluding tert-OH is 1. The van der Waals surface area contributed by atoms with E-state index in [0.29, 0.717) is 36.5 Å². The lowest BCUT2D eigenvalue weighted by atomic mass is 9.90. The number of ether oxygens (including phenoxy) is 3. The quantitative estimate of drug-likeness (QED) is 0.271. The van der Waals surface area contributed by atoms with Crippen molar-refractivity contribution >= 4 is 0 Å². The van der Waals surface area contributed by atoms with Crippen LogP contribution in [-0.2, 0) is 19.3 Å². The summed E-state index contributed by atoms with van der Waals surface area (Å²) in [6.45, 7) is 11.1. The van der Waals surface area contributed by atoms with Crippen molar-refractivity contribution in [3.8, 4) is 0 Å². The van der Waals surface area contributed by atoms with Crippen LogP contribution in [-0.4, -0.2) is 74.1 Å². The molecule has 211 valence electrons. The van der Waals surface area contributed by atoms with Crippen LogP contribution in [0.2, 0.25) is 0 Å². The van der Waals surface area contributed by atoms with Crippen LogP contribution in [0.5, 0.6) is 0 Å². The summed E-state index contributed by atoms with van der Waals surface area (Å²) in [7, 11) is 5.42. The van der Waals surface area contributed by atoms with E-state index in [0.717, 1.165) is 25.7 Å². The fraction of sp³-hybridized carbons (Fsp3) is 0.806. The van der Waals surface area contributed by atoms with E-state index in [-0.39, 0.29) is 30.5 Å². The molecule has 6 heteroatoms. The molecular formula is C31H52NO5. The first-order valence-corrected chi connectivity index (χ1v) is 14.4. The zero-order chi connectivity index (χ0) is 27.3. The molecule has 0 aromatic heterocycles. The van der Waals surface area contributed by atoms with E-state index in [2.05, 4.69) is 63.8 Å². The maximum absolute atomic E-state index is 11.9. The lowest BCUT2D eigenvalue weighted by Gasteiger charge is -2.42. The first-order valence-electron chi connectivity index (χ1n) is 14.4. The summed E-state index contributed by atoms with van der Waals surface area (Å²) < 4.78 is 17.5. The van der Waals surface area contributed by atoms with Crippen molar-refractivity contribution in [2.75, 3.05) is 21.2 Å². The zero-order valence-electron chi connectivity index (χ0n) is 24.4. The van der Waals surface area contributed by atoms with Crippen molar-refractivity contribution in [2.45, 2.75) is 116 Å². The molecule has 0 amide bonds. The summed E-state index contributed by atoms with van der Waals surface area (Å²) in [5.41, 5.74) is 2.68. The molecule has 0 bridgehead atoms. The number of likely N-dealkylation sites (N-methyl/N-ethyl adjacent to an activating group) is 1. The molecule has 1 saturated heterocycles. The molecule has 1 radical (unpaired) electrons. The highest BCUT2D eigenvalue weighted by Crippen LogP contribution is 2.50. The number of hydrogen-bond acceptors (Lipinski definition) is 5. The minimum atomic E-state index is -1.08. The van der Waals surface area contributed by atoms with Gasteiger partial charge in [-0.3, -0.25) is 0 Å². The van der Waals surface area contributed by atoms with Gasteiger partial charge in [-0.05, 0) is 94.9 Å². The Hall–Kier alpha value is -1.02. The Morgan fingerprint density at radius 3 is 2.68 bits per heavy atom. The van der Waals surface area contributed by atoms with Crippen molar-refractivity contribution in [3.05, 3.63) is 35.5 Å². The second-order valence-corrected chi connectivity index (χ2v) is 12.0. The minimum absolute atomic E-state index is 0.00356. The standard InChI is InChI=1S/C31H52NO5/c1-9-27-20(3)11-14-28(37-27)21(4)16-19(2)10-12-24-22(5)25(24)13-15-29-31(34)26(32(6)7)17-23(36-29)18-30(33)35-8/h10-12,16,19,22-31,34H,9,13-15,17-18H2,1-8H3/b12-10+,21-16+/t19-,22+,23+,24+,25+,26+,27-,28-,29+,30?,31-/m1/s1. The van der Waals surface area contributed by atoms with Crippen LogP contribution in [0.15, 0.2) is 35.5 Å². The molecule has 3 aliphatic rings. The van der Waals surface area contributed by atoms with Crippen molar-refractivity contribution in [3.63, 3.8) is 0 Å². The van der Waals surface area contributed by atoms with E-state index >= 15 is 0 Å². The van der Waals surface area contributed by atoms with E-state index in [1.807, 2.05) is 14.1 Å². The van der Waals surface area contributed by atoms with Gasteiger partial charge in [0.2, 0.25) is 0 Å². The lowest BCUT2D eigenvalue weighted by molar-refractivity contribution is -0.190. The van der Waals surface area contributed by atoms with Crippen LogP contribution < -0.4 is 0 Å². The zero-order valence-corrected chi connectivity index (χ0v) is 24.4. The number of rotatable bonds is 12. The summed E-state index contributed by atoms with van der Waals surface area (Å²) in [5, 5.41) is 22.9. The Morgan fingerprint density at radius 1 is 1.30 bits per heavy atom. The number of methoxy groups -OCH3 is 1. The predicted molar refractivity (Wildman–Crippen MR) is 148 cm³/mol. The van der Waals surface area contributed by atoms with Crippen molar-refractivity contribution < 1.29 is 24.4 Å². The van der Waals surface area contributed by atoms with Gasteiger partial charge in [0.05, 0.1) is 30.5 Å². The van der Waals surface area contributed by atoms with E-state index in [1.54, 1.807) is 0 Å². The minimum Gasteiger partial charge on any atom is -0.389 e. The van der Waals surface area contributed by atoms with Gasteiger partial charge in [-0.1, -0.05) is 45.1 Å². The van der Waals surface area contributed by atoms with Gasteiger partial charge < -0.3 is 24.2 Å². The van der Waals surface area contributed by atoms with Gasteiger partial charge in [0.25, 0.3) is 0 Å². The van der Waals surface area contributed by atoms with Gasteiger partial charge in [0.1, 0.15) is 0 Å². The molecule has 1 aliphatic carbocycles. The van der Waals surface area contributed by atoms with Crippen molar-refractivity contribution in [2.24, 2.45) is 23.7 Å². The number of allylic oxidation sites excluding steroid dienone is 3. The average Bonchev–Trinajstić information content (AvgIpc) is 3.49. The molecular weight excluding hydrogens is 466 g/mol. The molecule has 0 spiro atoms. The topological polar surface area (TPSA) is 71.1 Å². The largest absolute Gasteiger partial charge is 0.389 e. The second-order valence-electron chi connectivity index (χ2n) is 12.0. The molecule has 6 nitrogen and oxygen atoms in total. The normalized spacial score (nSPS) is 38.6. The molecule has 2 heterocycles. The Bertz CT molecular complexity index is 807. The Balaban J connectivity index is 1.51. The first-order chi connectivity index (χ1) is 17.5. The summed E-state index contributed by atoms with van der Waals surface area (Å²) in [6, 6.07) is -0.00356. The molecule has 3 rings (SSSR count). The van der Waals surface area contributed by atoms with E-state index < -0.39 is 12.4 Å². The van der Waals surface area contributed by atoms with Gasteiger partial charge in [-0.15, -0.1) is 0 Å². The van der Waals surface area contributed by atoms with Gasteiger partial charge in [0.15, 0.2) is 6.29 Å². The van der Waals surface area contributed by atoms with E-state index in [9.17, 15) is 10.2 Å². The molecule has 0 aromatic carbocycles. The van der Waals surface area contributed by atoms with Crippen LogP contribution >= 0.6 is 0 Å². The Labute approximate surface area is 225 Å². The third-order valence-corrected chi connectivity index (χ3v) is 8.98. The second kappa shape index (κ2) is 13.9. The SMILES string of the molecule is CC[C@H]1O[C@@H](/C(C)=C/[C@H](C)/C=C/[C@H]2[C@H](C)[C@@H]2CC[C@@H]2O[C@H](CC([O])OC)C[C@H](N(C)C)[C@H]2O)CC=C1C. The van der Waals surface area contributed by atoms with Gasteiger partial charge >= 0.3 is 0 Å². The van der Waals surface area contributed by atoms with Crippen LogP contribution in [0.3, 0.4) is 0 Å². The van der Waals surface area contributed by atoms with Crippen LogP contribution in [0.4, 0.5) is 0 Å². The van der Waals surface area contributed by atoms with E-state index in [4.69, 9.17) is 14.2 Å². The number of aliphatic hydroxyl groups is 1. The summed E-state index contributed by atoms with van der Waals surface area (Å²) in [4.78, 5) is 2.06. The molecule has 1 N–H and O–H groups in total. The first kappa shape index (κ1) is 30.5. The van der Waals surface area contributed by atoms with Gasteiger partial charge in [-0.2, -0.15) is 0 Å². The highest BCUT2D eigenvalue weighted by Gasteiger charge is 2.46. The Morgan fingerprint density at radius 2 is 2.03 bits per heavy atom. The van der Waals surface area contributed by atoms with E-state index in [1.165, 1.54) is 18.3 Å². The number of hydrogen-bond donors (Lipinski definition) is 1. The monoisotopic (exact) mass is 518 g/mol. The lowest BCUT2D eigenvalue weighted by Crippen LogP contribution is -2.54. The van der Waals surface area contributed by atoms with Crippen LogP contribution in [0.1, 0.15) is 73.1 Å². The Kier molecular flexibility index (Phi) is 11.4. The highest BCUT2D eigenvalue weighted by molar-refractivity contribution is 5.19. The third-order valence-electron chi connectivity index (χ3n) is 8.98.